The second kappa shape index (κ2) is 10.4. The molecular formula is C22H30F2N4O4. The Morgan fingerprint density at radius 2 is 1.94 bits per heavy atom. The minimum atomic E-state index is -1.35. The van der Waals surface area contributed by atoms with Crippen molar-refractivity contribution >= 4 is 17.7 Å². The molecule has 1 aromatic rings. The lowest BCUT2D eigenvalue weighted by atomic mass is 9.94. The van der Waals surface area contributed by atoms with Crippen molar-refractivity contribution in [2.24, 2.45) is 5.92 Å². The van der Waals surface area contributed by atoms with Crippen molar-refractivity contribution in [3.05, 3.63) is 35.4 Å². The Labute approximate surface area is 185 Å². The Hall–Kier alpha value is -2.59. The van der Waals surface area contributed by atoms with E-state index in [0.717, 1.165) is 24.6 Å². The second-order valence-corrected chi connectivity index (χ2v) is 8.51. The largest absolute Gasteiger partial charge is 0.389 e. The molecule has 0 aromatic heterocycles. The molecule has 2 aliphatic heterocycles. The highest BCUT2D eigenvalue weighted by Crippen LogP contribution is 2.22. The van der Waals surface area contributed by atoms with Gasteiger partial charge in [-0.15, -0.1) is 0 Å². The third kappa shape index (κ3) is 5.60. The summed E-state index contributed by atoms with van der Waals surface area (Å²) in [6.45, 7) is 4.97. The Kier molecular flexibility index (Phi) is 7.78. The zero-order valence-electron chi connectivity index (χ0n) is 18.2. The molecule has 3 rings (SSSR count). The number of hydrogen-bond donors (Lipinski definition) is 4. The van der Waals surface area contributed by atoms with E-state index in [9.17, 15) is 28.3 Å². The normalized spacial score (nSPS) is 24.1. The van der Waals surface area contributed by atoms with Gasteiger partial charge >= 0.3 is 0 Å². The number of aliphatic hydroxyl groups excluding tert-OH is 1. The van der Waals surface area contributed by atoms with Crippen molar-refractivity contribution in [3.63, 3.8) is 0 Å². The third-order valence-corrected chi connectivity index (χ3v) is 6.18. The Balaban J connectivity index is 1.78. The Morgan fingerprint density at radius 3 is 2.56 bits per heavy atom. The molecule has 0 aliphatic carbocycles. The van der Waals surface area contributed by atoms with Crippen LogP contribution in [-0.4, -0.2) is 71.6 Å². The fourth-order valence-electron chi connectivity index (χ4n) is 4.22. The summed E-state index contributed by atoms with van der Waals surface area (Å²) in [7, 11) is 0. The highest BCUT2D eigenvalue weighted by Gasteiger charge is 2.39. The molecule has 10 heteroatoms. The lowest BCUT2D eigenvalue weighted by molar-refractivity contribution is -0.131. The van der Waals surface area contributed by atoms with Gasteiger partial charge in [0.1, 0.15) is 17.7 Å². The Morgan fingerprint density at radius 1 is 1.25 bits per heavy atom. The van der Waals surface area contributed by atoms with Crippen molar-refractivity contribution in [2.45, 2.75) is 57.3 Å². The standard InChI is InChI=1S/C22H30F2N4O4/c1-3-12(2)28-11-14(9-18(28)29)21(31)27-17(8-13-6-15(23)10-16(24)7-13)20(30)19-22(32)26-5-4-25-19/h6-7,10,12,14,17,19-20,25,30H,3-5,8-9,11H2,1-2H3,(H,26,32)(H,27,31)/t12-,14?,17+,19+,20+/m1/s1. The molecule has 0 bridgehead atoms. The Bertz CT molecular complexity index is 848. The van der Waals surface area contributed by atoms with Crippen LogP contribution in [0.1, 0.15) is 32.3 Å². The quantitative estimate of drug-likeness (QED) is 0.447. The number of halogens is 2. The van der Waals surface area contributed by atoms with Gasteiger partial charge in [0.05, 0.1) is 18.1 Å². The van der Waals surface area contributed by atoms with Crippen LogP contribution in [0.15, 0.2) is 18.2 Å². The van der Waals surface area contributed by atoms with Crippen LogP contribution in [0.5, 0.6) is 0 Å². The van der Waals surface area contributed by atoms with Crippen LogP contribution in [0.25, 0.3) is 0 Å². The number of piperazine rings is 1. The van der Waals surface area contributed by atoms with Crippen LogP contribution in [0.3, 0.4) is 0 Å². The fourth-order valence-corrected chi connectivity index (χ4v) is 4.22. The number of carbonyl (C=O) groups excluding carboxylic acids is 3. The fraction of sp³-hybridized carbons (Fsp3) is 0.591. The highest BCUT2D eigenvalue weighted by molar-refractivity contribution is 5.89. The third-order valence-electron chi connectivity index (χ3n) is 6.18. The van der Waals surface area contributed by atoms with Crippen LogP contribution >= 0.6 is 0 Å². The number of aliphatic hydroxyl groups is 1. The maximum absolute atomic E-state index is 13.7. The van der Waals surface area contributed by atoms with E-state index < -0.39 is 47.6 Å². The van der Waals surface area contributed by atoms with Crippen LogP contribution in [-0.2, 0) is 20.8 Å². The molecule has 3 amide bonds. The first kappa shape index (κ1) is 24.1. The van der Waals surface area contributed by atoms with E-state index in [-0.39, 0.29) is 36.9 Å². The minimum absolute atomic E-state index is 0.00657. The van der Waals surface area contributed by atoms with Crippen molar-refractivity contribution in [3.8, 4) is 0 Å². The molecule has 0 saturated carbocycles. The summed E-state index contributed by atoms with van der Waals surface area (Å²) in [5.74, 6) is -3.15. The molecule has 2 heterocycles. The maximum atomic E-state index is 13.7. The predicted octanol–water partition coefficient (Wildman–Crippen LogP) is 0.0880. The van der Waals surface area contributed by atoms with Gasteiger partial charge in [-0.3, -0.25) is 14.4 Å². The molecule has 4 N–H and O–H groups in total. The first-order valence-corrected chi connectivity index (χ1v) is 10.9. The molecule has 32 heavy (non-hydrogen) atoms. The predicted molar refractivity (Wildman–Crippen MR) is 112 cm³/mol. The van der Waals surface area contributed by atoms with Crippen LogP contribution in [0.4, 0.5) is 8.78 Å². The zero-order valence-corrected chi connectivity index (χ0v) is 18.2. The summed E-state index contributed by atoms with van der Waals surface area (Å²) < 4.78 is 27.4. The summed E-state index contributed by atoms with van der Waals surface area (Å²) in [4.78, 5) is 39.2. The van der Waals surface area contributed by atoms with E-state index >= 15 is 0 Å². The van der Waals surface area contributed by atoms with Gasteiger partial charge in [0, 0.05) is 38.2 Å². The van der Waals surface area contributed by atoms with E-state index in [2.05, 4.69) is 16.0 Å². The first-order valence-electron chi connectivity index (χ1n) is 10.9. The smallest absolute Gasteiger partial charge is 0.239 e. The van der Waals surface area contributed by atoms with E-state index in [0.29, 0.717) is 13.1 Å². The minimum Gasteiger partial charge on any atom is -0.389 e. The van der Waals surface area contributed by atoms with Gasteiger partial charge in [0.25, 0.3) is 0 Å². The molecule has 176 valence electrons. The summed E-state index contributed by atoms with van der Waals surface area (Å²) in [6.07, 6.45) is -0.638. The first-order chi connectivity index (χ1) is 15.2. The molecular weight excluding hydrogens is 422 g/mol. The molecule has 2 fully saturated rings. The maximum Gasteiger partial charge on any atom is 0.239 e. The van der Waals surface area contributed by atoms with Gasteiger partial charge in [0.15, 0.2) is 0 Å². The number of benzene rings is 1. The molecule has 5 atom stereocenters. The van der Waals surface area contributed by atoms with Gasteiger partial charge in [-0.25, -0.2) is 8.78 Å². The topological polar surface area (TPSA) is 111 Å². The SMILES string of the molecule is CC[C@@H](C)N1CC(C(=O)N[C@@H](Cc2cc(F)cc(F)c2)[C@H](O)[C@@H]2NCCNC2=O)CC1=O. The summed E-state index contributed by atoms with van der Waals surface area (Å²) in [5.41, 5.74) is 0.229. The monoisotopic (exact) mass is 452 g/mol. The summed E-state index contributed by atoms with van der Waals surface area (Å²) in [6, 6.07) is 0.983. The van der Waals surface area contributed by atoms with Crippen molar-refractivity contribution in [1.82, 2.24) is 20.9 Å². The van der Waals surface area contributed by atoms with Gasteiger partial charge in [-0.1, -0.05) is 6.92 Å². The molecule has 8 nitrogen and oxygen atoms in total. The van der Waals surface area contributed by atoms with E-state index in [1.54, 1.807) is 4.90 Å². The van der Waals surface area contributed by atoms with Crippen LogP contribution in [0.2, 0.25) is 0 Å². The molecule has 1 aromatic carbocycles. The number of hydrogen-bond acceptors (Lipinski definition) is 5. The number of amides is 3. The van der Waals surface area contributed by atoms with E-state index in [1.165, 1.54) is 0 Å². The second-order valence-electron chi connectivity index (χ2n) is 8.51. The zero-order chi connectivity index (χ0) is 23.4. The average molecular weight is 453 g/mol. The molecule has 0 spiro atoms. The summed E-state index contributed by atoms with van der Waals surface area (Å²) in [5, 5.41) is 19.2. The van der Waals surface area contributed by atoms with Crippen molar-refractivity contribution < 1.29 is 28.3 Å². The number of nitrogens with zero attached hydrogens (tertiary/aromatic N) is 1. The molecule has 2 saturated heterocycles. The van der Waals surface area contributed by atoms with Gasteiger partial charge in [0.2, 0.25) is 17.7 Å². The highest BCUT2D eigenvalue weighted by atomic mass is 19.1. The lowest BCUT2D eigenvalue weighted by Gasteiger charge is -2.33. The number of likely N-dealkylation sites (tertiary alicyclic amines) is 1. The number of nitrogens with one attached hydrogen (secondary N) is 3. The van der Waals surface area contributed by atoms with E-state index in [1.807, 2.05) is 13.8 Å². The van der Waals surface area contributed by atoms with Crippen molar-refractivity contribution in [2.75, 3.05) is 19.6 Å². The van der Waals surface area contributed by atoms with Gasteiger partial charge in [-0.2, -0.15) is 0 Å². The van der Waals surface area contributed by atoms with Crippen LogP contribution in [0, 0.1) is 17.6 Å². The van der Waals surface area contributed by atoms with Crippen LogP contribution < -0.4 is 16.0 Å². The summed E-state index contributed by atoms with van der Waals surface area (Å²) >= 11 is 0. The average Bonchev–Trinajstić information content (AvgIpc) is 3.13. The lowest BCUT2D eigenvalue weighted by Crippen LogP contribution is -2.63. The van der Waals surface area contributed by atoms with E-state index in [4.69, 9.17) is 0 Å². The molecule has 2 aliphatic rings. The van der Waals surface area contributed by atoms with Gasteiger partial charge < -0.3 is 26.0 Å². The number of rotatable bonds is 8. The molecule has 1 unspecified atom stereocenters. The van der Waals surface area contributed by atoms with Gasteiger partial charge in [-0.05, 0) is 37.5 Å². The van der Waals surface area contributed by atoms with Crippen molar-refractivity contribution in [1.29, 1.82) is 0 Å². The number of carbonyl (C=O) groups is 3. The molecule has 0 radical (unpaired) electrons.